The van der Waals surface area contributed by atoms with Crippen LogP contribution in [-0.4, -0.2) is 12.5 Å². The van der Waals surface area contributed by atoms with Crippen molar-refractivity contribution in [3.05, 3.63) is 64.2 Å². The van der Waals surface area contributed by atoms with Crippen LogP contribution in [0.4, 0.5) is 5.69 Å². The second kappa shape index (κ2) is 7.97. The largest absolute Gasteiger partial charge is 0.326 e. The molecule has 0 atom stereocenters. The topological polar surface area (TPSA) is 41.1 Å². The quantitative estimate of drug-likeness (QED) is 0.789. The highest BCUT2D eigenvalue weighted by atomic mass is 35.5. The SMILES string of the molecule is Cc1ccc(NC(=O)CCNCc2ccc(Cl)cc2)cc1C. The van der Waals surface area contributed by atoms with Crippen molar-refractivity contribution >= 4 is 23.2 Å². The van der Waals surface area contributed by atoms with Crippen LogP contribution in [0.3, 0.4) is 0 Å². The first-order valence-electron chi connectivity index (χ1n) is 7.37. The van der Waals surface area contributed by atoms with Gasteiger partial charge in [0.2, 0.25) is 5.91 Å². The molecule has 0 aromatic heterocycles. The second-order valence-electron chi connectivity index (χ2n) is 5.40. The lowest BCUT2D eigenvalue weighted by atomic mass is 10.1. The lowest BCUT2D eigenvalue weighted by molar-refractivity contribution is -0.116. The summed E-state index contributed by atoms with van der Waals surface area (Å²) in [5, 5.41) is 6.91. The molecule has 0 fully saturated rings. The van der Waals surface area contributed by atoms with Crippen LogP contribution in [0.25, 0.3) is 0 Å². The number of hydrogen-bond donors (Lipinski definition) is 2. The Bertz CT molecular complexity index is 638. The summed E-state index contributed by atoms with van der Waals surface area (Å²) in [5.74, 6) is 0.0202. The number of halogens is 1. The molecule has 2 aromatic carbocycles. The van der Waals surface area contributed by atoms with Crippen LogP contribution < -0.4 is 10.6 Å². The van der Waals surface area contributed by atoms with Gasteiger partial charge in [-0.2, -0.15) is 0 Å². The highest BCUT2D eigenvalue weighted by Gasteiger charge is 2.03. The predicted octanol–water partition coefficient (Wildman–Crippen LogP) is 4.08. The molecule has 0 radical (unpaired) electrons. The molecule has 0 saturated carbocycles. The molecule has 0 spiro atoms. The first-order chi connectivity index (χ1) is 10.5. The van der Waals surface area contributed by atoms with Gasteiger partial charge >= 0.3 is 0 Å². The van der Waals surface area contributed by atoms with Gasteiger partial charge in [0.1, 0.15) is 0 Å². The summed E-state index contributed by atoms with van der Waals surface area (Å²) in [6.07, 6.45) is 0.445. The molecule has 0 aliphatic rings. The molecule has 0 aliphatic heterocycles. The van der Waals surface area contributed by atoms with Crippen molar-refractivity contribution in [3.8, 4) is 0 Å². The number of benzene rings is 2. The molecule has 1 amide bonds. The molecule has 0 aliphatic carbocycles. The Morgan fingerprint density at radius 3 is 2.45 bits per heavy atom. The van der Waals surface area contributed by atoms with E-state index in [0.29, 0.717) is 13.0 Å². The number of hydrogen-bond acceptors (Lipinski definition) is 2. The lowest BCUT2D eigenvalue weighted by Gasteiger charge is -2.08. The molecular weight excluding hydrogens is 296 g/mol. The molecule has 0 heterocycles. The van der Waals surface area contributed by atoms with E-state index in [9.17, 15) is 4.79 Å². The first kappa shape index (κ1) is 16.5. The fourth-order valence-corrected chi connectivity index (χ4v) is 2.21. The average Bonchev–Trinajstić information content (AvgIpc) is 2.49. The molecular formula is C18H21ClN2O. The van der Waals surface area contributed by atoms with Gasteiger partial charge < -0.3 is 10.6 Å². The van der Waals surface area contributed by atoms with E-state index in [1.165, 1.54) is 11.1 Å². The molecule has 116 valence electrons. The van der Waals surface area contributed by atoms with Crippen molar-refractivity contribution in [2.45, 2.75) is 26.8 Å². The number of carbonyl (C=O) groups excluding carboxylic acids is 1. The summed E-state index contributed by atoms with van der Waals surface area (Å²) < 4.78 is 0. The predicted molar refractivity (Wildman–Crippen MR) is 92.3 cm³/mol. The maximum absolute atomic E-state index is 11.9. The highest BCUT2D eigenvalue weighted by Crippen LogP contribution is 2.14. The summed E-state index contributed by atoms with van der Waals surface area (Å²) >= 11 is 5.84. The molecule has 2 aromatic rings. The van der Waals surface area contributed by atoms with E-state index in [4.69, 9.17) is 11.6 Å². The fourth-order valence-electron chi connectivity index (χ4n) is 2.08. The number of aryl methyl sites for hydroxylation is 2. The molecule has 0 bridgehead atoms. The minimum atomic E-state index is 0.0202. The van der Waals surface area contributed by atoms with Gasteiger partial charge in [-0.05, 0) is 54.8 Å². The maximum atomic E-state index is 11.9. The van der Waals surface area contributed by atoms with Crippen LogP contribution in [0.1, 0.15) is 23.1 Å². The molecule has 0 saturated heterocycles. The molecule has 2 rings (SSSR count). The van der Waals surface area contributed by atoms with Gasteiger partial charge in [-0.25, -0.2) is 0 Å². The molecule has 4 heteroatoms. The molecule has 2 N–H and O–H groups in total. The van der Waals surface area contributed by atoms with Crippen LogP contribution in [0.15, 0.2) is 42.5 Å². The Balaban J connectivity index is 1.71. The monoisotopic (exact) mass is 316 g/mol. The fraction of sp³-hybridized carbons (Fsp3) is 0.278. The van der Waals surface area contributed by atoms with Gasteiger partial charge in [-0.15, -0.1) is 0 Å². The van der Waals surface area contributed by atoms with Gasteiger partial charge in [0.15, 0.2) is 0 Å². The molecule has 22 heavy (non-hydrogen) atoms. The van der Waals surface area contributed by atoms with E-state index in [1.807, 2.05) is 49.4 Å². The molecule has 3 nitrogen and oxygen atoms in total. The van der Waals surface area contributed by atoms with Crippen molar-refractivity contribution in [1.29, 1.82) is 0 Å². The van der Waals surface area contributed by atoms with Crippen molar-refractivity contribution in [2.75, 3.05) is 11.9 Å². The second-order valence-corrected chi connectivity index (χ2v) is 5.84. The van der Waals surface area contributed by atoms with E-state index in [2.05, 4.69) is 17.6 Å². The van der Waals surface area contributed by atoms with E-state index in [-0.39, 0.29) is 5.91 Å². The summed E-state index contributed by atoms with van der Waals surface area (Å²) in [4.78, 5) is 11.9. The van der Waals surface area contributed by atoms with Crippen molar-refractivity contribution in [3.63, 3.8) is 0 Å². The third kappa shape index (κ3) is 5.17. The third-order valence-electron chi connectivity index (χ3n) is 3.56. The van der Waals surface area contributed by atoms with Crippen LogP contribution in [0, 0.1) is 13.8 Å². The van der Waals surface area contributed by atoms with E-state index < -0.39 is 0 Å². The van der Waals surface area contributed by atoms with Crippen LogP contribution >= 0.6 is 11.6 Å². The number of nitrogens with one attached hydrogen (secondary N) is 2. The minimum Gasteiger partial charge on any atom is -0.326 e. The van der Waals surface area contributed by atoms with Crippen molar-refractivity contribution in [2.24, 2.45) is 0 Å². The Morgan fingerprint density at radius 1 is 1.05 bits per heavy atom. The summed E-state index contributed by atoms with van der Waals surface area (Å²) in [6, 6.07) is 13.6. The van der Waals surface area contributed by atoms with E-state index in [1.54, 1.807) is 0 Å². The Labute approximate surface area is 136 Å². The number of anilines is 1. The van der Waals surface area contributed by atoms with Crippen LogP contribution in [0.5, 0.6) is 0 Å². The minimum absolute atomic E-state index is 0.0202. The smallest absolute Gasteiger partial charge is 0.225 e. The van der Waals surface area contributed by atoms with Gasteiger partial charge in [0.25, 0.3) is 0 Å². The Hall–Kier alpha value is -1.84. The summed E-state index contributed by atoms with van der Waals surface area (Å²) in [5.41, 5.74) is 4.41. The van der Waals surface area contributed by atoms with Crippen molar-refractivity contribution in [1.82, 2.24) is 5.32 Å². The van der Waals surface area contributed by atoms with Crippen LogP contribution in [0.2, 0.25) is 5.02 Å². The Morgan fingerprint density at radius 2 is 1.77 bits per heavy atom. The van der Waals surface area contributed by atoms with Gasteiger partial charge in [-0.1, -0.05) is 29.8 Å². The number of amides is 1. The zero-order valence-corrected chi connectivity index (χ0v) is 13.7. The Kier molecular flexibility index (Phi) is 5.99. The number of rotatable bonds is 6. The van der Waals surface area contributed by atoms with Gasteiger partial charge in [0.05, 0.1) is 0 Å². The van der Waals surface area contributed by atoms with Crippen LogP contribution in [-0.2, 0) is 11.3 Å². The molecule has 0 unspecified atom stereocenters. The standard InChI is InChI=1S/C18H21ClN2O/c1-13-3-8-17(11-14(13)2)21-18(22)9-10-20-12-15-4-6-16(19)7-5-15/h3-8,11,20H,9-10,12H2,1-2H3,(H,21,22). The van der Waals surface area contributed by atoms with Crippen molar-refractivity contribution < 1.29 is 4.79 Å². The number of carbonyl (C=O) groups is 1. The zero-order valence-electron chi connectivity index (χ0n) is 12.9. The normalized spacial score (nSPS) is 10.5. The van der Waals surface area contributed by atoms with Gasteiger partial charge in [0, 0.05) is 30.2 Å². The van der Waals surface area contributed by atoms with Gasteiger partial charge in [-0.3, -0.25) is 4.79 Å². The maximum Gasteiger partial charge on any atom is 0.225 e. The summed E-state index contributed by atoms with van der Waals surface area (Å²) in [6.45, 7) is 5.47. The lowest BCUT2D eigenvalue weighted by Crippen LogP contribution is -2.21. The zero-order chi connectivity index (χ0) is 15.9. The summed E-state index contributed by atoms with van der Waals surface area (Å²) in [7, 11) is 0. The van der Waals surface area contributed by atoms with E-state index >= 15 is 0 Å². The van der Waals surface area contributed by atoms with E-state index in [0.717, 1.165) is 22.8 Å². The third-order valence-corrected chi connectivity index (χ3v) is 3.81. The average molecular weight is 317 g/mol. The highest BCUT2D eigenvalue weighted by molar-refractivity contribution is 6.30. The first-order valence-corrected chi connectivity index (χ1v) is 7.74.